The van der Waals surface area contributed by atoms with Gasteiger partial charge in [0.25, 0.3) is 0 Å². The summed E-state index contributed by atoms with van der Waals surface area (Å²) in [6.07, 6.45) is 3.95. The van der Waals surface area contributed by atoms with E-state index in [-0.39, 0.29) is 18.1 Å². The second-order valence-corrected chi connectivity index (χ2v) is 5.59. The summed E-state index contributed by atoms with van der Waals surface area (Å²) in [5, 5.41) is 3.13. The highest BCUT2D eigenvalue weighted by Gasteiger charge is 2.27. The van der Waals surface area contributed by atoms with Crippen LogP contribution >= 0.6 is 0 Å². The first-order chi connectivity index (χ1) is 10.2. The molecule has 1 aromatic carbocycles. The summed E-state index contributed by atoms with van der Waals surface area (Å²) >= 11 is 0. The largest absolute Gasteiger partial charge is 0.490 e. The summed E-state index contributed by atoms with van der Waals surface area (Å²) in [5.74, 6) is 1.15. The van der Waals surface area contributed by atoms with Crippen LogP contribution < -0.4 is 10.1 Å². The molecule has 0 radical (unpaired) electrons. The standard InChI is InChI=1S/C17H26N2O2/c1-3-7-16(18-2)17(20)19-12-10-15(11-13-19)21-14-8-5-4-6-9-14/h4-6,8-9,15-16,18H,3,7,10-13H2,1-2H3. The highest BCUT2D eigenvalue weighted by atomic mass is 16.5. The van der Waals surface area contributed by atoms with E-state index in [1.807, 2.05) is 42.3 Å². The summed E-state index contributed by atoms with van der Waals surface area (Å²) in [6.45, 7) is 3.69. The Labute approximate surface area is 127 Å². The molecule has 1 unspecified atom stereocenters. The van der Waals surface area contributed by atoms with Gasteiger partial charge in [-0.3, -0.25) is 4.79 Å². The Bertz CT molecular complexity index is 428. The second kappa shape index (κ2) is 8.03. The average Bonchev–Trinajstić information content (AvgIpc) is 2.54. The first kappa shape index (κ1) is 15.8. The molecule has 1 atom stereocenters. The lowest BCUT2D eigenvalue weighted by Crippen LogP contribution is -2.49. The fourth-order valence-electron chi connectivity index (χ4n) is 2.79. The number of piperidine rings is 1. The third-order valence-corrected chi connectivity index (χ3v) is 4.02. The van der Waals surface area contributed by atoms with Crippen molar-refractivity contribution >= 4 is 5.91 Å². The van der Waals surface area contributed by atoms with Crippen LogP contribution in [-0.2, 0) is 4.79 Å². The zero-order chi connectivity index (χ0) is 15.1. The van der Waals surface area contributed by atoms with E-state index in [9.17, 15) is 4.79 Å². The zero-order valence-corrected chi connectivity index (χ0v) is 13.0. The van der Waals surface area contributed by atoms with E-state index in [2.05, 4.69) is 12.2 Å². The van der Waals surface area contributed by atoms with Crippen molar-refractivity contribution in [2.75, 3.05) is 20.1 Å². The number of benzene rings is 1. The minimum atomic E-state index is -0.0402. The first-order valence-corrected chi connectivity index (χ1v) is 7.92. The smallest absolute Gasteiger partial charge is 0.239 e. The summed E-state index contributed by atoms with van der Waals surface area (Å²) < 4.78 is 5.96. The Kier molecular flexibility index (Phi) is 6.05. The predicted octanol–water partition coefficient (Wildman–Crippen LogP) is 2.44. The van der Waals surface area contributed by atoms with E-state index in [4.69, 9.17) is 4.74 Å². The van der Waals surface area contributed by atoms with Gasteiger partial charge in [-0.1, -0.05) is 31.5 Å². The Morgan fingerprint density at radius 1 is 1.33 bits per heavy atom. The third-order valence-electron chi connectivity index (χ3n) is 4.02. The van der Waals surface area contributed by atoms with Crippen LogP contribution in [0.1, 0.15) is 32.6 Å². The number of amides is 1. The molecule has 4 heteroatoms. The van der Waals surface area contributed by atoms with E-state index < -0.39 is 0 Å². The number of likely N-dealkylation sites (tertiary alicyclic amines) is 1. The zero-order valence-electron chi connectivity index (χ0n) is 13.0. The van der Waals surface area contributed by atoms with E-state index >= 15 is 0 Å². The average molecular weight is 290 g/mol. The fourth-order valence-corrected chi connectivity index (χ4v) is 2.79. The number of nitrogens with zero attached hydrogens (tertiary/aromatic N) is 1. The lowest BCUT2D eigenvalue weighted by atomic mass is 10.0. The molecule has 0 saturated carbocycles. The predicted molar refractivity (Wildman–Crippen MR) is 84.4 cm³/mol. The van der Waals surface area contributed by atoms with Gasteiger partial charge in [-0.2, -0.15) is 0 Å². The Morgan fingerprint density at radius 2 is 2.00 bits per heavy atom. The van der Waals surface area contributed by atoms with Gasteiger partial charge in [0.1, 0.15) is 11.9 Å². The van der Waals surface area contributed by atoms with Crippen molar-refractivity contribution in [3.63, 3.8) is 0 Å². The lowest BCUT2D eigenvalue weighted by molar-refractivity contribution is -0.135. The van der Waals surface area contributed by atoms with Gasteiger partial charge in [-0.25, -0.2) is 0 Å². The fraction of sp³-hybridized carbons (Fsp3) is 0.588. The minimum Gasteiger partial charge on any atom is -0.490 e. The number of para-hydroxylation sites is 1. The Morgan fingerprint density at radius 3 is 2.57 bits per heavy atom. The molecule has 1 aromatic rings. The van der Waals surface area contributed by atoms with Crippen LogP contribution in [0.25, 0.3) is 0 Å². The summed E-state index contributed by atoms with van der Waals surface area (Å²) in [6, 6.07) is 9.87. The van der Waals surface area contributed by atoms with Crippen LogP contribution in [0.2, 0.25) is 0 Å². The number of rotatable bonds is 6. The van der Waals surface area contributed by atoms with Crippen molar-refractivity contribution in [3.8, 4) is 5.75 Å². The number of nitrogens with one attached hydrogen (secondary N) is 1. The van der Waals surface area contributed by atoms with Gasteiger partial charge in [-0.05, 0) is 25.6 Å². The van der Waals surface area contributed by atoms with Crippen molar-refractivity contribution in [2.45, 2.75) is 44.8 Å². The van der Waals surface area contributed by atoms with Crippen LogP contribution in [0.4, 0.5) is 0 Å². The van der Waals surface area contributed by atoms with Gasteiger partial charge in [0.2, 0.25) is 5.91 Å². The van der Waals surface area contributed by atoms with Crippen LogP contribution in [0.3, 0.4) is 0 Å². The summed E-state index contributed by atoms with van der Waals surface area (Å²) in [5.41, 5.74) is 0. The quantitative estimate of drug-likeness (QED) is 0.875. The first-order valence-electron chi connectivity index (χ1n) is 7.92. The SMILES string of the molecule is CCCC(NC)C(=O)N1CCC(Oc2ccccc2)CC1. The molecule has 0 spiro atoms. The van der Waals surface area contributed by atoms with Gasteiger partial charge in [-0.15, -0.1) is 0 Å². The van der Waals surface area contributed by atoms with Gasteiger partial charge in [0, 0.05) is 25.9 Å². The van der Waals surface area contributed by atoms with Crippen LogP contribution in [0, 0.1) is 0 Å². The van der Waals surface area contributed by atoms with Crippen molar-refractivity contribution in [1.82, 2.24) is 10.2 Å². The van der Waals surface area contributed by atoms with E-state index in [1.165, 1.54) is 0 Å². The van der Waals surface area contributed by atoms with Crippen LogP contribution in [0.5, 0.6) is 5.75 Å². The highest BCUT2D eigenvalue weighted by Crippen LogP contribution is 2.19. The topological polar surface area (TPSA) is 41.6 Å². The van der Waals surface area contributed by atoms with Crippen molar-refractivity contribution < 1.29 is 9.53 Å². The van der Waals surface area contributed by atoms with E-state index in [0.29, 0.717) is 0 Å². The molecule has 4 nitrogen and oxygen atoms in total. The third kappa shape index (κ3) is 4.46. The number of carbonyl (C=O) groups excluding carboxylic acids is 1. The monoisotopic (exact) mass is 290 g/mol. The maximum Gasteiger partial charge on any atom is 0.239 e. The van der Waals surface area contributed by atoms with Crippen LogP contribution in [-0.4, -0.2) is 43.1 Å². The molecule has 0 bridgehead atoms. The van der Waals surface area contributed by atoms with Crippen molar-refractivity contribution in [1.29, 1.82) is 0 Å². The number of carbonyl (C=O) groups is 1. The molecule has 1 fully saturated rings. The normalized spacial score (nSPS) is 17.5. The summed E-state index contributed by atoms with van der Waals surface area (Å²) in [7, 11) is 1.86. The Hall–Kier alpha value is -1.55. The maximum atomic E-state index is 12.4. The molecule has 0 aromatic heterocycles. The molecular weight excluding hydrogens is 264 g/mol. The molecule has 21 heavy (non-hydrogen) atoms. The molecular formula is C17H26N2O2. The van der Waals surface area contributed by atoms with Crippen molar-refractivity contribution in [3.05, 3.63) is 30.3 Å². The van der Waals surface area contributed by atoms with Crippen LogP contribution in [0.15, 0.2) is 30.3 Å². The number of hydrogen-bond donors (Lipinski definition) is 1. The molecule has 1 aliphatic heterocycles. The number of hydrogen-bond acceptors (Lipinski definition) is 3. The summed E-state index contributed by atoms with van der Waals surface area (Å²) in [4.78, 5) is 14.4. The van der Waals surface area contributed by atoms with E-state index in [1.54, 1.807) is 0 Å². The highest BCUT2D eigenvalue weighted by molar-refractivity contribution is 5.81. The van der Waals surface area contributed by atoms with E-state index in [0.717, 1.165) is 44.5 Å². The van der Waals surface area contributed by atoms with Gasteiger partial charge in [0.05, 0.1) is 6.04 Å². The minimum absolute atomic E-state index is 0.0402. The van der Waals surface area contributed by atoms with Gasteiger partial charge >= 0.3 is 0 Å². The number of ether oxygens (including phenoxy) is 1. The second-order valence-electron chi connectivity index (χ2n) is 5.59. The van der Waals surface area contributed by atoms with Gasteiger partial charge < -0.3 is 15.0 Å². The molecule has 2 rings (SSSR count). The molecule has 1 N–H and O–H groups in total. The molecule has 1 saturated heterocycles. The molecule has 1 aliphatic rings. The maximum absolute atomic E-state index is 12.4. The Balaban J connectivity index is 1.81. The lowest BCUT2D eigenvalue weighted by Gasteiger charge is -2.34. The number of likely N-dealkylation sites (N-methyl/N-ethyl adjacent to an activating group) is 1. The molecule has 1 amide bonds. The molecule has 1 heterocycles. The molecule has 116 valence electrons. The van der Waals surface area contributed by atoms with Gasteiger partial charge in [0.15, 0.2) is 0 Å². The molecule has 0 aliphatic carbocycles. The van der Waals surface area contributed by atoms with Crippen molar-refractivity contribution in [2.24, 2.45) is 0 Å².